The SMILES string of the molecule is CC1(C)NCCNC(=O)C[C@@H]2CCC1C2. The molecule has 3 heteroatoms. The van der Waals surface area contributed by atoms with E-state index >= 15 is 0 Å². The van der Waals surface area contributed by atoms with Gasteiger partial charge in [0.15, 0.2) is 0 Å². The average Bonchev–Trinajstić information content (AvgIpc) is 2.60. The van der Waals surface area contributed by atoms with E-state index in [1.807, 2.05) is 0 Å². The Hall–Kier alpha value is -0.570. The number of rotatable bonds is 0. The van der Waals surface area contributed by atoms with Gasteiger partial charge < -0.3 is 10.6 Å². The quantitative estimate of drug-likeness (QED) is 0.632. The lowest BCUT2D eigenvalue weighted by Gasteiger charge is -2.34. The van der Waals surface area contributed by atoms with Crippen LogP contribution >= 0.6 is 0 Å². The van der Waals surface area contributed by atoms with Gasteiger partial charge in [0.05, 0.1) is 0 Å². The molecule has 2 bridgehead atoms. The number of hydrogen-bond acceptors (Lipinski definition) is 2. The average molecular weight is 210 g/mol. The van der Waals surface area contributed by atoms with Gasteiger partial charge in [-0.2, -0.15) is 0 Å². The van der Waals surface area contributed by atoms with Gasteiger partial charge in [0.25, 0.3) is 0 Å². The first-order valence-electron chi connectivity index (χ1n) is 6.09. The molecule has 1 aliphatic carbocycles. The van der Waals surface area contributed by atoms with Crippen molar-refractivity contribution in [3.8, 4) is 0 Å². The molecule has 2 aliphatic rings. The van der Waals surface area contributed by atoms with Crippen LogP contribution in [0.25, 0.3) is 0 Å². The molecule has 15 heavy (non-hydrogen) atoms. The van der Waals surface area contributed by atoms with Crippen molar-refractivity contribution >= 4 is 5.91 Å². The minimum atomic E-state index is 0.233. The van der Waals surface area contributed by atoms with Gasteiger partial charge in [-0.15, -0.1) is 0 Å². The molecule has 1 saturated carbocycles. The van der Waals surface area contributed by atoms with Crippen LogP contribution in [0.1, 0.15) is 39.5 Å². The second kappa shape index (κ2) is 4.12. The Morgan fingerprint density at radius 2 is 2.07 bits per heavy atom. The molecule has 86 valence electrons. The van der Waals surface area contributed by atoms with Crippen molar-refractivity contribution < 1.29 is 4.79 Å². The summed E-state index contributed by atoms with van der Waals surface area (Å²) in [4.78, 5) is 11.5. The lowest BCUT2D eigenvalue weighted by Crippen LogP contribution is -2.48. The molecule has 2 atom stereocenters. The van der Waals surface area contributed by atoms with Crippen LogP contribution in [0, 0.1) is 11.8 Å². The molecule has 1 saturated heterocycles. The maximum atomic E-state index is 11.5. The molecule has 0 aromatic rings. The van der Waals surface area contributed by atoms with Gasteiger partial charge >= 0.3 is 0 Å². The normalized spacial score (nSPS) is 36.0. The largest absolute Gasteiger partial charge is 0.355 e. The van der Waals surface area contributed by atoms with Crippen LogP contribution < -0.4 is 10.6 Å². The molecule has 1 aliphatic heterocycles. The summed E-state index contributed by atoms with van der Waals surface area (Å²) in [5.74, 6) is 1.60. The van der Waals surface area contributed by atoms with Crippen molar-refractivity contribution in [3.63, 3.8) is 0 Å². The number of fused-ring (bicyclic) bond motifs is 2. The Bertz CT molecular complexity index is 250. The first-order chi connectivity index (χ1) is 7.08. The third-order valence-electron chi connectivity index (χ3n) is 4.06. The maximum absolute atomic E-state index is 11.5. The molecule has 0 radical (unpaired) electrons. The molecule has 3 nitrogen and oxygen atoms in total. The minimum absolute atomic E-state index is 0.233. The highest BCUT2D eigenvalue weighted by atomic mass is 16.1. The fourth-order valence-corrected chi connectivity index (χ4v) is 2.98. The molecule has 0 aromatic carbocycles. The van der Waals surface area contributed by atoms with Gasteiger partial charge in [0.1, 0.15) is 0 Å². The second-order valence-corrected chi connectivity index (χ2v) is 5.58. The Morgan fingerprint density at radius 3 is 2.87 bits per heavy atom. The second-order valence-electron chi connectivity index (χ2n) is 5.58. The summed E-state index contributed by atoms with van der Waals surface area (Å²) in [6.07, 6.45) is 4.46. The highest BCUT2D eigenvalue weighted by molar-refractivity contribution is 5.76. The van der Waals surface area contributed by atoms with Gasteiger partial charge in [0.2, 0.25) is 5.91 Å². The molecular weight excluding hydrogens is 188 g/mol. The number of carbonyl (C=O) groups excluding carboxylic acids is 1. The lowest BCUT2D eigenvalue weighted by atomic mass is 9.85. The zero-order valence-electron chi connectivity index (χ0n) is 9.81. The zero-order valence-corrected chi connectivity index (χ0v) is 9.81. The van der Waals surface area contributed by atoms with Gasteiger partial charge in [-0.25, -0.2) is 0 Å². The summed E-state index contributed by atoms with van der Waals surface area (Å²) in [6.45, 7) is 6.24. The Kier molecular flexibility index (Phi) is 3.01. The molecule has 0 aromatic heterocycles. The van der Waals surface area contributed by atoms with E-state index in [4.69, 9.17) is 0 Å². The van der Waals surface area contributed by atoms with Gasteiger partial charge in [-0.3, -0.25) is 4.79 Å². The lowest BCUT2D eigenvalue weighted by molar-refractivity contribution is -0.122. The van der Waals surface area contributed by atoms with E-state index in [2.05, 4.69) is 24.5 Å². The Labute approximate surface area is 92.0 Å². The van der Waals surface area contributed by atoms with Crippen LogP contribution in [0.5, 0.6) is 0 Å². The molecule has 2 fully saturated rings. The van der Waals surface area contributed by atoms with Crippen LogP contribution in [0.3, 0.4) is 0 Å². The third-order valence-corrected chi connectivity index (χ3v) is 4.06. The molecule has 2 rings (SSSR count). The van der Waals surface area contributed by atoms with Crippen LogP contribution in [0.4, 0.5) is 0 Å². The highest BCUT2D eigenvalue weighted by Gasteiger charge is 2.36. The predicted molar refractivity (Wildman–Crippen MR) is 60.5 cm³/mol. The van der Waals surface area contributed by atoms with Gasteiger partial charge in [0, 0.05) is 25.0 Å². The van der Waals surface area contributed by atoms with Gasteiger partial charge in [-0.05, 0) is 44.9 Å². The van der Waals surface area contributed by atoms with Crippen molar-refractivity contribution in [2.75, 3.05) is 13.1 Å². The van der Waals surface area contributed by atoms with Crippen LogP contribution in [-0.4, -0.2) is 24.5 Å². The molecule has 1 unspecified atom stereocenters. The standard InChI is InChI=1S/C12H22N2O/c1-12(2)10-4-3-9(7-10)8-11(15)13-5-6-14-12/h9-10,14H,3-8H2,1-2H3,(H,13,15)/t9-,10?/m1/s1. The first-order valence-corrected chi connectivity index (χ1v) is 6.09. The Balaban J connectivity index is 2.05. The molecule has 1 heterocycles. The third kappa shape index (κ3) is 2.51. The van der Waals surface area contributed by atoms with E-state index < -0.39 is 0 Å². The van der Waals surface area contributed by atoms with E-state index in [9.17, 15) is 4.79 Å². The van der Waals surface area contributed by atoms with Gasteiger partial charge in [-0.1, -0.05) is 0 Å². The maximum Gasteiger partial charge on any atom is 0.220 e. The topological polar surface area (TPSA) is 41.1 Å². The summed E-state index contributed by atoms with van der Waals surface area (Å²) in [5, 5.41) is 6.53. The van der Waals surface area contributed by atoms with Crippen molar-refractivity contribution in [1.29, 1.82) is 0 Å². The number of hydrogen-bond donors (Lipinski definition) is 2. The number of amides is 1. The van der Waals surface area contributed by atoms with Crippen LogP contribution in [0.15, 0.2) is 0 Å². The van der Waals surface area contributed by atoms with Crippen molar-refractivity contribution in [2.45, 2.75) is 45.1 Å². The van der Waals surface area contributed by atoms with E-state index in [0.717, 1.165) is 25.4 Å². The molecule has 1 amide bonds. The number of carbonyl (C=O) groups is 1. The summed E-state index contributed by atoms with van der Waals surface area (Å²) in [6, 6.07) is 0. The van der Waals surface area contributed by atoms with E-state index in [1.165, 1.54) is 19.3 Å². The summed E-state index contributed by atoms with van der Waals surface area (Å²) < 4.78 is 0. The van der Waals surface area contributed by atoms with Crippen molar-refractivity contribution in [1.82, 2.24) is 10.6 Å². The first kappa shape index (κ1) is 10.9. The minimum Gasteiger partial charge on any atom is -0.355 e. The van der Waals surface area contributed by atoms with Crippen molar-refractivity contribution in [2.24, 2.45) is 11.8 Å². The number of nitrogens with one attached hydrogen (secondary N) is 2. The van der Waals surface area contributed by atoms with Crippen LogP contribution in [-0.2, 0) is 4.79 Å². The fraction of sp³-hybridized carbons (Fsp3) is 0.917. The highest BCUT2D eigenvalue weighted by Crippen LogP contribution is 2.39. The van der Waals surface area contributed by atoms with E-state index in [-0.39, 0.29) is 11.4 Å². The Morgan fingerprint density at radius 1 is 1.27 bits per heavy atom. The zero-order chi connectivity index (χ0) is 10.9. The smallest absolute Gasteiger partial charge is 0.220 e. The molecule has 2 N–H and O–H groups in total. The van der Waals surface area contributed by atoms with Crippen molar-refractivity contribution in [3.05, 3.63) is 0 Å². The summed E-state index contributed by atoms with van der Waals surface area (Å²) in [7, 11) is 0. The fourth-order valence-electron chi connectivity index (χ4n) is 2.98. The van der Waals surface area contributed by atoms with E-state index in [0.29, 0.717) is 5.92 Å². The monoisotopic (exact) mass is 210 g/mol. The molecule has 0 spiro atoms. The van der Waals surface area contributed by atoms with Crippen LogP contribution in [0.2, 0.25) is 0 Å². The predicted octanol–water partition coefficient (Wildman–Crippen LogP) is 1.29. The van der Waals surface area contributed by atoms with E-state index in [1.54, 1.807) is 0 Å². The summed E-state index contributed by atoms with van der Waals surface area (Å²) >= 11 is 0. The molecular formula is C12H22N2O. The summed E-state index contributed by atoms with van der Waals surface area (Å²) in [5.41, 5.74) is 0.233.